The van der Waals surface area contributed by atoms with Crippen LogP contribution in [0.2, 0.25) is 0 Å². The molecule has 8 heteroatoms. The van der Waals surface area contributed by atoms with Gasteiger partial charge < -0.3 is 9.80 Å². The number of benzene rings is 1. The number of likely N-dealkylation sites (tertiary alicyclic amines) is 1. The van der Waals surface area contributed by atoms with E-state index >= 15 is 0 Å². The number of amides is 2. The van der Waals surface area contributed by atoms with Gasteiger partial charge in [0.25, 0.3) is 0 Å². The molecular weight excluding hydrogens is 366 g/mol. The maximum absolute atomic E-state index is 13.2. The second kappa shape index (κ2) is 7.24. The number of sulfonamides is 1. The topological polar surface area (TPSA) is 78.0 Å². The minimum Gasteiger partial charge on any atom is -0.345 e. The summed E-state index contributed by atoms with van der Waals surface area (Å²) in [5.74, 6) is -0.185. The van der Waals surface area contributed by atoms with Crippen molar-refractivity contribution >= 4 is 21.8 Å². The van der Waals surface area contributed by atoms with Crippen molar-refractivity contribution in [3.8, 4) is 0 Å². The quantitative estimate of drug-likeness (QED) is 0.768. The molecule has 0 aliphatic carbocycles. The first kappa shape index (κ1) is 19.8. The molecule has 0 N–H and O–H groups in total. The summed E-state index contributed by atoms with van der Waals surface area (Å²) in [6, 6.07) is 8.33. The predicted molar refractivity (Wildman–Crippen MR) is 101 cm³/mol. The van der Waals surface area contributed by atoms with E-state index in [2.05, 4.69) is 0 Å². The molecule has 2 fully saturated rings. The van der Waals surface area contributed by atoms with Gasteiger partial charge in [-0.25, -0.2) is 8.42 Å². The van der Waals surface area contributed by atoms with E-state index in [1.165, 1.54) is 4.31 Å². The van der Waals surface area contributed by atoms with Crippen LogP contribution in [0.4, 0.5) is 0 Å². The lowest BCUT2D eigenvalue weighted by atomic mass is 9.86. The lowest BCUT2D eigenvalue weighted by molar-refractivity contribution is -0.135. The third-order valence-corrected chi connectivity index (χ3v) is 7.23. The summed E-state index contributed by atoms with van der Waals surface area (Å²) in [6.07, 6.45) is 0.256. The number of carbonyl (C=O) groups excluding carboxylic acids is 2. The van der Waals surface area contributed by atoms with E-state index < -0.39 is 15.4 Å². The summed E-state index contributed by atoms with van der Waals surface area (Å²) in [7, 11) is -1.96. The van der Waals surface area contributed by atoms with E-state index in [0.717, 1.165) is 0 Å². The highest BCUT2D eigenvalue weighted by Crippen LogP contribution is 2.36. The molecule has 1 aromatic carbocycles. The van der Waals surface area contributed by atoms with Crippen molar-refractivity contribution in [2.24, 2.45) is 11.3 Å². The Labute approximate surface area is 161 Å². The van der Waals surface area contributed by atoms with Crippen molar-refractivity contribution < 1.29 is 18.0 Å². The normalized spacial score (nSPS) is 24.7. The third-order valence-electron chi connectivity index (χ3n) is 5.37. The van der Waals surface area contributed by atoms with Crippen LogP contribution in [-0.2, 0) is 19.6 Å². The molecule has 2 aliphatic heterocycles. The second-order valence-electron chi connectivity index (χ2n) is 7.99. The van der Waals surface area contributed by atoms with Crippen LogP contribution in [0.3, 0.4) is 0 Å². The van der Waals surface area contributed by atoms with Crippen molar-refractivity contribution in [3.63, 3.8) is 0 Å². The van der Waals surface area contributed by atoms with Crippen LogP contribution in [0, 0.1) is 11.3 Å². The Hall–Kier alpha value is -1.93. The molecule has 2 amide bonds. The Balaban J connectivity index is 1.96. The maximum Gasteiger partial charge on any atom is 0.243 e. The smallest absolute Gasteiger partial charge is 0.243 e. The zero-order valence-corrected chi connectivity index (χ0v) is 16.9. The summed E-state index contributed by atoms with van der Waals surface area (Å²) in [5, 5.41) is 0. The van der Waals surface area contributed by atoms with E-state index in [-0.39, 0.29) is 42.1 Å². The van der Waals surface area contributed by atoms with Crippen LogP contribution in [-0.4, -0.2) is 74.1 Å². The van der Waals surface area contributed by atoms with E-state index in [0.29, 0.717) is 19.6 Å². The van der Waals surface area contributed by atoms with Gasteiger partial charge in [0.15, 0.2) is 0 Å². The average Bonchev–Trinajstić information content (AvgIpc) is 2.79. The first-order valence-corrected chi connectivity index (χ1v) is 10.7. The standard InChI is InChI=1S/C19H27N3O4S/c1-15(2)18(24)21-9-10-22(27(25,26)16-7-5-4-6-8-16)14-19(13-21)11-17(23)20(3)12-19/h4-8,15H,9-14H2,1-3H3. The maximum atomic E-state index is 13.2. The van der Waals surface area contributed by atoms with Gasteiger partial charge in [-0.2, -0.15) is 4.31 Å². The molecule has 0 aromatic heterocycles. The van der Waals surface area contributed by atoms with E-state index in [1.54, 1.807) is 47.2 Å². The van der Waals surface area contributed by atoms with Gasteiger partial charge in [0.05, 0.1) is 4.90 Å². The lowest BCUT2D eigenvalue weighted by Crippen LogP contribution is -2.45. The Morgan fingerprint density at radius 3 is 2.30 bits per heavy atom. The van der Waals surface area contributed by atoms with Crippen molar-refractivity contribution in [1.29, 1.82) is 0 Å². The van der Waals surface area contributed by atoms with E-state index in [9.17, 15) is 18.0 Å². The zero-order valence-electron chi connectivity index (χ0n) is 16.1. The fourth-order valence-corrected chi connectivity index (χ4v) is 5.60. The Morgan fingerprint density at radius 2 is 1.74 bits per heavy atom. The highest BCUT2D eigenvalue weighted by molar-refractivity contribution is 7.89. The van der Waals surface area contributed by atoms with Gasteiger partial charge in [-0.3, -0.25) is 9.59 Å². The molecule has 148 valence electrons. The Kier molecular flexibility index (Phi) is 5.31. The van der Waals surface area contributed by atoms with Gasteiger partial charge in [-0.15, -0.1) is 0 Å². The van der Waals surface area contributed by atoms with Gasteiger partial charge in [0.1, 0.15) is 0 Å². The number of hydrogen-bond donors (Lipinski definition) is 0. The molecule has 2 aliphatic rings. The van der Waals surface area contributed by atoms with Crippen LogP contribution < -0.4 is 0 Å². The summed E-state index contributed by atoms with van der Waals surface area (Å²) in [4.78, 5) is 28.5. The molecule has 0 bridgehead atoms. The van der Waals surface area contributed by atoms with Gasteiger partial charge >= 0.3 is 0 Å². The van der Waals surface area contributed by atoms with Gasteiger partial charge in [-0.05, 0) is 12.1 Å². The minimum atomic E-state index is -3.69. The van der Waals surface area contributed by atoms with Crippen molar-refractivity contribution in [3.05, 3.63) is 30.3 Å². The molecule has 1 aromatic rings. The van der Waals surface area contributed by atoms with Crippen LogP contribution in [0.5, 0.6) is 0 Å². The molecule has 2 saturated heterocycles. The average molecular weight is 394 g/mol. The van der Waals surface area contributed by atoms with Crippen LogP contribution >= 0.6 is 0 Å². The van der Waals surface area contributed by atoms with Crippen LogP contribution in [0.15, 0.2) is 35.2 Å². The lowest BCUT2D eigenvalue weighted by Gasteiger charge is -2.33. The molecule has 0 radical (unpaired) electrons. The first-order chi connectivity index (χ1) is 12.6. The first-order valence-electron chi connectivity index (χ1n) is 9.23. The van der Waals surface area contributed by atoms with E-state index in [1.807, 2.05) is 13.8 Å². The number of rotatable bonds is 3. The van der Waals surface area contributed by atoms with Crippen LogP contribution in [0.1, 0.15) is 20.3 Å². The largest absolute Gasteiger partial charge is 0.345 e. The molecule has 1 atom stereocenters. The third kappa shape index (κ3) is 3.87. The molecule has 0 saturated carbocycles. The SMILES string of the molecule is CC(C)C(=O)N1CCN(S(=O)(=O)c2ccccc2)CC2(CC(=O)N(C)C2)C1. The highest BCUT2D eigenvalue weighted by atomic mass is 32.2. The number of carbonyl (C=O) groups is 2. The number of nitrogens with zero attached hydrogens (tertiary/aromatic N) is 3. The Bertz CT molecular complexity index is 825. The Morgan fingerprint density at radius 1 is 1.07 bits per heavy atom. The number of hydrogen-bond acceptors (Lipinski definition) is 4. The molecule has 2 heterocycles. The van der Waals surface area contributed by atoms with Gasteiger partial charge in [0.2, 0.25) is 21.8 Å². The van der Waals surface area contributed by atoms with Crippen molar-refractivity contribution in [2.45, 2.75) is 25.2 Å². The summed E-state index contributed by atoms with van der Waals surface area (Å²) < 4.78 is 27.8. The predicted octanol–water partition coefficient (Wildman–Crippen LogP) is 1.02. The summed E-state index contributed by atoms with van der Waals surface area (Å²) >= 11 is 0. The highest BCUT2D eigenvalue weighted by Gasteiger charge is 2.48. The molecule has 3 rings (SSSR count). The van der Waals surface area contributed by atoms with Crippen molar-refractivity contribution in [2.75, 3.05) is 39.8 Å². The molecule has 7 nitrogen and oxygen atoms in total. The fraction of sp³-hybridized carbons (Fsp3) is 0.579. The second-order valence-corrected chi connectivity index (χ2v) is 9.93. The molecule has 27 heavy (non-hydrogen) atoms. The van der Waals surface area contributed by atoms with E-state index in [4.69, 9.17) is 0 Å². The zero-order chi connectivity index (χ0) is 19.8. The monoisotopic (exact) mass is 393 g/mol. The molecule has 1 unspecified atom stereocenters. The van der Waals surface area contributed by atoms with Gasteiger partial charge in [0, 0.05) is 57.5 Å². The van der Waals surface area contributed by atoms with Gasteiger partial charge in [-0.1, -0.05) is 32.0 Å². The minimum absolute atomic E-state index is 0.00432. The summed E-state index contributed by atoms with van der Waals surface area (Å²) in [5.41, 5.74) is -0.575. The molecule has 1 spiro atoms. The van der Waals surface area contributed by atoms with Crippen LogP contribution in [0.25, 0.3) is 0 Å². The van der Waals surface area contributed by atoms with Crippen molar-refractivity contribution in [1.82, 2.24) is 14.1 Å². The molecular formula is C19H27N3O4S. The summed E-state index contributed by atoms with van der Waals surface area (Å²) in [6.45, 7) is 5.34. The fourth-order valence-electron chi connectivity index (χ4n) is 4.03.